The van der Waals surface area contributed by atoms with Gasteiger partial charge in [0.1, 0.15) is 0 Å². The molecule has 0 saturated heterocycles. The lowest BCUT2D eigenvalue weighted by Crippen LogP contribution is -2.27. The van der Waals surface area contributed by atoms with E-state index >= 15 is 0 Å². The summed E-state index contributed by atoms with van der Waals surface area (Å²) in [6.07, 6.45) is 19.1. The van der Waals surface area contributed by atoms with Crippen LogP contribution in [0.4, 0.5) is 0 Å². The molecule has 19 heavy (non-hydrogen) atoms. The van der Waals surface area contributed by atoms with Gasteiger partial charge in [-0.25, -0.2) is 4.98 Å². The summed E-state index contributed by atoms with van der Waals surface area (Å²) < 4.78 is 0. The second-order valence-corrected chi connectivity index (χ2v) is 4.98. The molecular formula is C16H18N3+. The third-order valence-electron chi connectivity index (χ3n) is 3.48. The van der Waals surface area contributed by atoms with Crippen molar-refractivity contribution >= 4 is 0 Å². The van der Waals surface area contributed by atoms with Gasteiger partial charge in [-0.1, -0.05) is 58.6 Å². The van der Waals surface area contributed by atoms with Gasteiger partial charge in [0.2, 0.25) is 11.6 Å². The van der Waals surface area contributed by atoms with Crippen LogP contribution in [0.15, 0.2) is 48.6 Å². The van der Waals surface area contributed by atoms with Crippen LogP contribution in [0.25, 0.3) is 0 Å². The van der Waals surface area contributed by atoms with Crippen molar-refractivity contribution < 1.29 is 4.98 Å². The van der Waals surface area contributed by atoms with Gasteiger partial charge in [0.05, 0.1) is 11.8 Å². The minimum absolute atomic E-state index is 0.341. The molecule has 96 valence electrons. The lowest BCUT2D eigenvalue weighted by molar-refractivity contribution is -0.416. The Bertz CT molecular complexity index is 533. The molecule has 0 amide bonds. The van der Waals surface area contributed by atoms with Crippen molar-refractivity contribution in [3.05, 3.63) is 66.1 Å². The van der Waals surface area contributed by atoms with Crippen molar-refractivity contribution in [2.45, 2.75) is 31.6 Å². The smallest absolute Gasteiger partial charge is 0.247 e. The van der Waals surface area contributed by atoms with Gasteiger partial charge in [0.25, 0.3) is 5.82 Å². The van der Waals surface area contributed by atoms with Gasteiger partial charge in [0.15, 0.2) is 0 Å². The summed E-state index contributed by atoms with van der Waals surface area (Å²) in [4.78, 5) is 12.5. The van der Waals surface area contributed by atoms with Crippen LogP contribution in [-0.4, -0.2) is 9.97 Å². The molecular weight excluding hydrogens is 234 g/mol. The van der Waals surface area contributed by atoms with Gasteiger partial charge in [-0.05, 0) is 12.8 Å². The number of nitrogens with one attached hydrogen (secondary N) is 1. The van der Waals surface area contributed by atoms with Crippen molar-refractivity contribution in [3.8, 4) is 0 Å². The highest BCUT2D eigenvalue weighted by atomic mass is 15.0. The molecule has 0 radical (unpaired) electrons. The number of H-pyrrole nitrogens is 1. The maximum atomic E-state index is 4.56. The summed E-state index contributed by atoms with van der Waals surface area (Å²) in [6, 6.07) is 0. The van der Waals surface area contributed by atoms with Gasteiger partial charge >= 0.3 is 0 Å². The quantitative estimate of drug-likeness (QED) is 0.812. The van der Waals surface area contributed by atoms with Crippen LogP contribution < -0.4 is 4.98 Å². The van der Waals surface area contributed by atoms with E-state index in [4.69, 9.17) is 0 Å². The fraction of sp³-hybridized carbons (Fsp3) is 0.312. The Balaban J connectivity index is 1.91. The number of hydrogen-bond acceptors (Lipinski definition) is 2. The highest BCUT2D eigenvalue weighted by molar-refractivity contribution is 5.20. The van der Waals surface area contributed by atoms with Crippen molar-refractivity contribution in [1.29, 1.82) is 0 Å². The minimum Gasteiger partial charge on any atom is -0.247 e. The topological polar surface area (TPSA) is 39.9 Å². The third-order valence-corrected chi connectivity index (χ3v) is 3.48. The maximum absolute atomic E-state index is 4.56. The number of allylic oxidation sites excluding steroid dienone is 8. The van der Waals surface area contributed by atoms with Crippen LogP contribution in [0.3, 0.4) is 0 Å². The predicted molar refractivity (Wildman–Crippen MR) is 74.6 cm³/mol. The van der Waals surface area contributed by atoms with E-state index < -0.39 is 0 Å². The first kappa shape index (κ1) is 12.0. The van der Waals surface area contributed by atoms with Gasteiger partial charge in [-0.15, -0.1) is 0 Å². The Morgan fingerprint density at radius 2 is 1.42 bits per heavy atom. The Morgan fingerprint density at radius 3 is 1.84 bits per heavy atom. The zero-order valence-corrected chi connectivity index (χ0v) is 11.1. The molecule has 3 nitrogen and oxygen atoms in total. The summed E-state index contributed by atoms with van der Waals surface area (Å²) in [5, 5.41) is 0. The van der Waals surface area contributed by atoms with E-state index in [-0.39, 0.29) is 0 Å². The van der Waals surface area contributed by atoms with Crippen molar-refractivity contribution in [2.24, 2.45) is 0 Å². The largest absolute Gasteiger partial charge is 0.273 e. The van der Waals surface area contributed by atoms with Crippen LogP contribution >= 0.6 is 0 Å². The average molecular weight is 252 g/mol. The van der Waals surface area contributed by atoms with E-state index in [1.54, 1.807) is 0 Å². The predicted octanol–water partition coefficient (Wildman–Crippen LogP) is 2.80. The van der Waals surface area contributed by atoms with Crippen LogP contribution in [0.5, 0.6) is 0 Å². The fourth-order valence-electron chi connectivity index (χ4n) is 2.48. The van der Waals surface area contributed by atoms with E-state index in [9.17, 15) is 0 Å². The number of nitrogens with zero attached hydrogens (tertiary/aromatic N) is 2. The van der Waals surface area contributed by atoms with Crippen molar-refractivity contribution in [2.75, 3.05) is 0 Å². The molecule has 0 fully saturated rings. The molecule has 0 bridgehead atoms. The number of rotatable bonds is 2. The minimum atomic E-state index is 0.341. The number of aryl methyl sites for hydroxylation is 1. The molecule has 0 aromatic carbocycles. The normalized spacial score (nSPS) is 24.9. The van der Waals surface area contributed by atoms with E-state index in [2.05, 4.69) is 63.6 Å². The number of aromatic nitrogens is 3. The molecule has 3 heteroatoms. The SMILES string of the molecule is Cc1nc(C2C=CC=CC2)[nH+]c(C2C=CC=CC2)n1. The van der Waals surface area contributed by atoms with Crippen LogP contribution in [0, 0.1) is 6.92 Å². The highest BCUT2D eigenvalue weighted by Crippen LogP contribution is 2.23. The highest BCUT2D eigenvalue weighted by Gasteiger charge is 2.23. The Hall–Kier alpha value is -2.03. The first-order valence-electron chi connectivity index (χ1n) is 6.77. The summed E-state index contributed by atoms with van der Waals surface area (Å²) in [5.41, 5.74) is 0. The number of aromatic amines is 1. The first-order chi connectivity index (χ1) is 9.33. The average Bonchev–Trinajstić information content (AvgIpc) is 2.48. The summed E-state index contributed by atoms with van der Waals surface area (Å²) in [7, 11) is 0. The van der Waals surface area contributed by atoms with E-state index in [0.29, 0.717) is 11.8 Å². The zero-order valence-electron chi connectivity index (χ0n) is 11.1. The molecule has 0 saturated carbocycles. The molecule has 0 spiro atoms. The molecule has 2 unspecified atom stereocenters. The number of hydrogen-bond donors (Lipinski definition) is 0. The monoisotopic (exact) mass is 252 g/mol. The van der Waals surface area contributed by atoms with Crippen LogP contribution in [0.2, 0.25) is 0 Å². The molecule has 2 aliphatic carbocycles. The first-order valence-corrected chi connectivity index (χ1v) is 6.77. The van der Waals surface area contributed by atoms with E-state index in [1.165, 1.54) is 0 Å². The molecule has 1 aromatic heterocycles. The van der Waals surface area contributed by atoms with Crippen molar-refractivity contribution in [1.82, 2.24) is 9.97 Å². The zero-order chi connectivity index (χ0) is 13.1. The van der Waals surface area contributed by atoms with E-state index in [0.717, 1.165) is 30.3 Å². The molecule has 1 aromatic rings. The molecule has 1 N–H and O–H groups in total. The van der Waals surface area contributed by atoms with E-state index in [1.807, 2.05) is 6.92 Å². The molecule has 2 atom stereocenters. The lowest BCUT2D eigenvalue weighted by atomic mass is 9.98. The third kappa shape index (κ3) is 2.70. The van der Waals surface area contributed by atoms with Gasteiger partial charge in [-0.3, -0.25) is 0 Å². The lowest BCUT2D eigenvalue weighted by Gasteiger charge is -2.11. The van der Waals surface area contributed by atoms with Gasteiger partial charge in [-0.2, -0.15) is 0 Å². The Morgan fingerprint density at radius 1 is 0.895 bits per heavy atom. The second kappa shape index (κ2) is 5.31. The maximum Gasteiger partial charge on any atom is 0.273 e. The summed E-state index contributed by atoms with van der Waals surface area (Å²) >= 11 is 0. The van der Waals surface area contributed by atoms with Gasteiger partial charge < -0.3 is 0 Å². The van der Waals surface area contributed by atoms with Gasteiger partial charge in [0, 0.05) is 6.92 Å². The Kier molecular flexibility index (Phi) is 3.36. The molecule has 2 aliphatic rings. The molecule has 3 rings (SSSR count). The fourth-order valence-corrected chi connectivity index (χ4v) is 2.48. The van der Waals surface area contributed by atoms with Crippen LogP contribution in [0.1, 0.15) is 42.2 Å². The van der Waals surface area contributed by atoms with Crippen molar-refractivity contribution in [3.63, 3.8) is 0 Å². The second-order valence-electron chi connectivity index (χ2n) is 4.98. The summed E-state index contributed by atoms with van der Waals surface area (Å²) in [5.74, 6) is 3.56. The molecule has 0 aliphatic heterocycles. The Labute approximate surface area is 113 Å². The van der Waals surface area contributed by atoms with Crippen LogP contribution in [-0.2, 0) is 0 Å². The molecule has 1 heterocycles. The summed E-state index contributed by atoms with van der Waals surface area (Å²) in [6.45, 7) is 1.96. The standard InChI is InChI=1S/C16H17N3/c1-12-17-15(13-8-4-2-5-9-13)19-16(18-12)14-10-6-3-7-11-14/h2-8,10,13-14H,9,11H2,1H3/p+1.